The molecule has 1 fully saturated rings. The van der Waals surface area contributed by atoms with E-state index < -0.39 is 11.6 Å². The van der Waals surface area contributed by atoms with Crippen molar-refractivity contribution in [1.82, 2.24) is 19.9 Å². The lowest BCUT2D eigenvalue weighted by Gasteiger charge is -2.26. The van der Waals surface area contributed by atoms with E-state index in [1.807, 2.05) is 18.7 Å². The van der Waals surface area contributed by atoms with Gasteiger partial charge in [-0.05, 0) is 43.0 Å². The van der Waals surface area contributed by atoms with Crippen LogP contribution in [0.25, 0.3) is 5.65 Å². The summed E-state index contributed by atoms with van der Waals surface area (Å²) in [5, 5.41) is 7.08. The van der Waals surface area contributed by atoms with Gasteiger partial charge in [-0.1, -0.05) is 13.8 Å². The number of nitrogens with zero attached hydrogens (tertiary/aromatic N) is 4. The second-order valence-corrected chi connectivity index (χ2v) is 7.73. The highest BCUT2D eigenvalue weighted by Crippen LogP contribution is 2.36. The smallest absolute Gasteiger partial charge is 0.256 e. The van der Waals surface area contributed by atoms with Crippen molar-refractivity contribution in [2.45, 2.75) is 32.7 Å². The molecule has 152 valence electrons. The van der Waals surface area contributed by atoms with Crippen molar-refractivity contribution in [2.24, 2.45) is 5.92 Å². The second-order valence-electron chi connectivity index (χ2n) is 7.73. The van der Waals surface area contributed by atoms with Gasteiger partial charge in [0.25, 0.3) is 5.91 Å². The largest absolute Gasteiger partial charge is 0.352 e. The fourth-order valence-corrected chi connectivity index (χ4v) is 3.71. The number of carbonyl (C=O) groups is 1. The third kappa shape index (κ3) is 3.79. The van der Waals surface area contributed by atoms with Gasteiger partial charge in [-0.2, -0.15) is 5.10 Å². The SMILES string of the molecule is CC(C)CNC(=O)c1cnn2ccc(N3CCC[C@@H]3c3cc(F)ccc3F)nc12. The molecule has 6 nitrogen and oxygen atoms in total. The third-order valence-electron chi connectivity index (χ3n) is 5.13. The Bertz CT molecular complexity index is 1050. The summed E-state index contributed by atoms with van der Waals surface area (Å²) < 4.78 is 29.6. The maximum absolute atomic E-state index is 14.4. The highest BCUT2D eigenvalue weighted by molar-refractivity contribution is 5.99. The Kier molecular flexibility index (Phi) is 5.17. The number of fused-ring (bicyclic) bond motifs is 1. The minimum absolute atomic E-state index is 0.229. The van der Waals surface area contributed by atoms with Crippen molar-refractivity contribution in [2.75, 3.05) is 18.0 Å². The number of benzene rings is 1. The van der Waals surface area contributed by atoms with Crippen LogP contribution < -0.4 is 10.2 Å². The molecule has 0 saturated carbocycles. The van der Waals surface area contributed by atoms with E-state index in [4.69, 9.17) is 0 Å². The van der Waals surface area contributed by atoms with Crippen LogP contribution in [-0.4, -0.2) is 33.6 Å². The first-order chi connectivity index (χ1) is 13.9. The molecule has 1 aromatic carbocycles. The third-order valence-corrected chi connectivity index (χ3v) is 5.13. The minimum atomic E-state index is -0.462. The predicted octanol–water partition coefficient (Wildman–Crippen LogP) is 3.73. The summed E-state index contributed by atoms with van der Waals surface area (Å²) in [6.45, 7) is 5.27. The van der Waals surface area contributed by atoms with Crippen LogP contribution in [0.2, 0.25) is 0 Å². The average Bonchev–Trinajstić information content (AvgIpc) is 3.34. The van der Waals surface area contributed by atoms with Crippen LogP contribution >= 0.6 is 0 Å². The minimum Gasteiger partial charge on any atom is -0.352 e. The Balaban J connectivity index is 1.67. The molecule has 1 aliphatic rings. The van der Waals surface area contributed by atoms with E-state index in [0.717, 1.165) is 18.6 Å². The Morgan fingerprint density at radius 3 is 2.93 bits per heavy atom. The van der Waals surface area contributed by atoms with Crippen LogP contribution in [0.4, 0.5) is 14.6 Å². The normalized spacial score (nSPS) is 16.7. The topological polar surface area (TPSA) is 62.5 Å². The number of nitrogens with one attached hydrogen (secondary N) is 1. The summed E-state index contributed by atoms with van der Waals surface area (Å²) in [6.07, 6.45) is 4.77. The van der Waals surface area contributed by atoms with Crippen molar-refractivity contribution in [3.63, 3.8) is 0 Å². The number of hydrogen-bond acceptors (Lipinski definition) is 4. The van der Waals surface area contributed by atoms with Crippen LogP contribution in [0, 0.1) is 17.6 Å². The van der Waals surface area contributed by atoms with Gasteiger partial charge in [-0.3, -0.25) is 4.79 Å². The molecule has 1 amide bonds. The quantitative estimate of drug-likeness (QED) is 0.710. The van der Waals surface area contributed by atoms with Gasteiger partial charge >= 0.3 is 0 Å². The number of halogens is 2. The summed E-state index contributed by atoms with van der Waals surface area (Å²) >= 11 is 0. The lowest BCUT2D eigenvalue weighted by Crippen LogP contribution is -2.27. The molecule has 0 bridgehead atoms. The van der Waals surface area contributed by atoms with E-state index in [0.29, 0.717) is 48.0 Å². The Labute approximate surface area is 167 Å². The van der Waals surface area contributed by atoms with E-state index in [2.05, 4.69) is 15.4 Å². The fourth-order valence-electron chi connectivity index (χ4n) is 3.71. The van der Waals surface area contributed by atoms with Crippen molar-refractivity contribution >= 4 is 17.4 Å². The predicted molar refractivity (Wildman–Crippen MR) is 106 cm³/mol. The van der Waals surface area contributed by atoms with Crippen molar-refractivity contribution in [3.05, 3.63) is 59.4 Å². The van der Waals surface area contributed by atoms with E-state index in [9.17, 15) is 13.6 Å². The lowest BCUT2D eigenvalue weighted by atomic mass is 10.0. The number of hydrogen-bond donors (Lipinski definition) is 1. The first-order valence-electron chi connectivity index (χ1n) is 9.78. The Hall–Kier alpha value is -3.03. The van der Waals surface area contributed by atoms with Gasteiger partial charge in [0.2, 0.25) is 0 Å². The van der Waals surface area contributed by atoms with Gasteiger partial charge in [0.15, 0.2) is 5.65 Å². The summed E-state index contributed by atoms with van der Waals surface area (Å²) in [6, 6.07) is 5.01. The maximum Gasteiger partial charge on any atom is 0.256 e. The number of carbonyl (C=O) groups excluding carboxylic acids is 1. The zero-order valence-electron chi connectivity index (χ0n) is 16.4. The number of rotatable bonds is 5. The van der Waals surface area contributed by atoms with Crippen LogP contribution in [0.3, 0.4) is 0 Å². The van der Waals surface area contributed by atoms with E-state index in [-0.39, 0.29) is 11.9 Å². The van der Waals surface area contributed by atoms with E-state index in [1.165, 1.54) is 12.3 Å². The molecular weight excluding hydrogens is 376 g/mol. The molecule has 29 heavy (non-hydrogen) atoms. The molecular formula is C21H23F2N5O. The molecule has 4 rings (SSSR count). The maximum atomic E-state index is 14.4. The summed E-state index contributed by atoms with van der Waals surface area (Å²) in [5.74, 6) is -0.176. The second kappa shape index (κ2) is 7.77. The molecule has 8 heteroatoms. The Morgan fingerprint density at radius 1 is 1.31 bits per heavy atom. The van der Waals surface area contributed by atoms with Crippen molar-refractivity contribution in [3.8, 4) is 0 Å². The molecule has 0 radical (unpaired) electrons. The summed E-state index contributed by atoms with van der Waals surface area (Å²) in [5.41, 5.74) is 1.15. The number of aromatic nitrogens is 3. The summed E-state index contributed by atoms with van der Waals surface area (Å²) in [4.78, 5) is 19.1. The number of anilines is 1. The van der Waals surface area contributed by atoms with Gasteiger partial charge in [0, 0.05) is 24.8 Å². The van der Waals surface area contributed by atoms with Crippen LogP contribution in [-0.2, 0) is 0 Å². The molecule has 1 aliphatic heterocycles. The molecule has 0 unspecified atom stereocenters. The van der Waals surface area contributed by atoms with Gasteiger partial charge in [0.1, 0.15) is 23.0 Å². The lowest BCUT2D eigenvalue weighted by molar-refractivity contribution is 0.0950. The van der Waals surface area contributed by atoms with Gasteiger partial charge in [-0.25, -0.2) is 18.3 Å². The molecule has 1 atom stereocenters. The highest BCUT2D eigenvalue weighted by atomic mass is 19.1. The molecule has 0 aliphatic carbocycles. The molecule has 3 heterocycles. The molecule has 3 aromatic rings. The standard InChI is InChI=1S/C21H23F2N5O/c1-13(2)11-24-21(29)16-12-25-28-9-7-19(26-20(16)28)27-8-3-4-18(27)15-10-14(22)5-6-17(15)23/h5-7,9-10,12-13,18H,3-4,8,11H2,1-2H3,(H,24,29)/t18-/m1/s1. The zero-order chi connectivity index (χ0) is 20.5. The average molecular weight is 399 g/mol. The monoisotopic (exact) mass is 399 g/mol. The number of amides is 1. The molecule has 2 aromatic heterocycles. The first-order valence-corrected chi connectivity index (χ1v) is 9.78. The van der Waals surface area contributed by atoms with E-state index >= 15 is 0 Å². The van der Waals surface area contributed by atoms with Crippen LogP contribution in [0.15, 0.2) is 36.7 Å². The van der Waals surface area contributed by atoms with Gasteiger partial charge in [0.05, 0.1) is 12.2 Å². The zero-order valence-corrected chi connectivity index (χ0v) is 16.4. The first kappa shape index (κ1) is 19.3. The van der Waals surface area contributed by atoms with Crippen molar-refractivity contribution in [1.29, 1.82) is 0 Å². The van der Waals surface area contributed by atoms with Gasteiger partial charge in [-0.15, -0.1) is 0 Å². The molecule has 1 saturated heterocycles. The van der Waals surface area contributed by atoms with Crippen molar-refractivity contribution < 1.29 is 13.6 Å². The fraction of sp³-hybridized carbons (Fsp3) is 0.381. The van der Waals surface area contributed by atoms with Gasteiger partial charge < -0.3 is 10.2 Å². The molecule has 1 N–H and O–H groups in total. The highest BCUT2D eigenvalue weighted by Gasteiger charge is 2.30. The summed E-state index contributed by atoms with van der Waals surface area (Å²) in [7, 11) is 0. The Morgan fingerprint density at radius 2 is 2.14 bits per heavy atom. The molecule has 0 spiro atoms. The van der Waals surface area contributed by atoms with E-state index in [1.54, 1.807) is 16.8 Å². The van der Waals surface area contributed by atoms with Crippen LogP contribution in [0.1, 0.15) is 48.7 Å². The van der Waals surface area contributed by atoms with Crippen LogP contribution in [0.5, 0.6) is 0 Å².